The minimum Gasteiger partial charge on any atom is -0.339 e. The molecular weight excluding hydrogens is 297 g/mol. The van der Waals surface area contributed by atoms with Crippen LogP contribution in [0.3, 0.4) is 0 Å². The lowest BCUT2D eigenvalue weighted by atomic mass is 10.1. The fraction of sp³-hybridized carbons (Fsp3) is 0.429. The van der Waals surface area contributed by atoms with Crippen molar-refractivity contribution in [1.29, 1.82) is 0 Å². The molecule has 0 spiro atoms. The Balaban J connectivity index is 1.94. The summed E-state index contributed by atoms with van der Waals surface area (Å²) in [5.41, 5.74) is 6.22. The zero-order valence-corrected chi connectivity index (χ0v) is 12.6. The standard InChI is InChI=1S/C14H17Cl2N3O/c15-11-7-10(8-12(16)9-11)14-18-13(20-19-14)5-3-1-2-4-6-17/h7-9H,1-6,17H2. The van der Waals surface area contributed by atoms with Crippen molar-refractivity contribution in [3.05, 3.63) is 34.1 Å². The van der Waals surface area contributed by atoms with Crippen LogP contribution in [0.4, 0.5) is 0 Å². The highest BCUT2D eigenvalue weighted by molar-refractivity contribution is 6.35. The fourth-order valence-corrected chi connectivity index (χ4v) is 2.46. The zero-order chi connectivity index (χ0) is 14.4. The van der Waals surface area contributed by atoms with Gasteiger partial charge in [0, 0.05) is 22.0 Å². The first-order valence-corrected chi connectivity index (χ1v) is 7.44. The van der Waals surface area contributed by atoms with Crippen LogP contribution in [0.2, 0.25) is 10.0 Å². The van der Waals surface area contributed by atoms with E-state index in [2.05, 4.69) is 10.1 Å². The van der Waals surface area contributed by atoms with Crippen molar-refractivity contribution in [2.45, 2.75) is 32.1 Å². The molecule has 20 heavy (non-hydrogen) atoms. The van der Waals surface area contributed by atoms with Crippen molar-refractivity contribution in [2.75, 3.05) is 6.54 Å². The lowest BCUT2D eigenvalue weighted by molar-refractivity contribution is 0.374. The number of nitrogens with zero attached hydrogens (tertiary/aromatic N) is 2. The quantitative estimate of drug-likeness (QED) is 0.781. The smallest absolute Gasteiger partial charge is 0.226 e. The van der Waals surface area contributed by atoms with E-state index in [1.807, 2.05) is 0 Å². The molecule has 0 aliphatic heterocycles. The molecule has 0 aliphatic carbocycles. The molecule has 4 nitrogen and oxygen atoms in total. The molecule has 0 unspecified atom stereocenters. The monoisotopic (exact) mass is 313 g/mol. The van der Waals surface area contributed by atoms with Crippen molar-refractivity contribution in [3.8, 4) is 11.4 Å². The first kappa shape index (κ1) is 15.3. The van der Waals surface area contributed by atoms with Crippen LogP contribution in [0.25, 0.3) is 11.4 Å². The fourth-order valence-electron chi connectivity index (χ4n) is 1.93. The van der Waals surface area contributed by atoms with E-state index < -0.39 is 0 Å². The van der Waals surface area contributed by atoms with Crippen LogP contribution in [-0.2, 0) is 6.42 Å². The third-order valence-corrected chi connectivity index (χ3v) is 3.37. The zero-order valence-electron chi connectivity index (χ0n) is 11.1. The molecule has 0 bridgehead atoms. The van der Waals surface area contributed by atoms with Gasteiger partial charge in [-0.1, -0.05) is 41.2 Å². The first-order chi connectivity index (χ1) is 9.69. The van der Waals surface area contributed by atoms with Crippen molar-refractivity contribution >= 4 is 23.2 Å². The number of rotatable bonds is 7. The Morgan fingerprint density at radius 3 is 2.40 bits per heavy atom. The number of hydrogen-bond acceptors (Lipinski definition) is 4. The molecule has 108 valence electrons. The molecule has 0 fully saturated rings. The Kier molecular flexibility index (Phi) is 5.83. The number of aryl methyl sites for hydroxylation is 1. The van der Waals surface area contributed by atoms with E-state index in [1.165, 1.54) is 0 Å². The second-order valence-corrected chi connectivity index (χ2v) is 5.50. The van der Waals surface area contributed by atoms with E-state index in [9.17, 15) is 0 Å². The molecule has 1 heterocycles. The summed E-state index contributed by atoms with van der Waals surface area (Å²) in [7, 11) is 0. The minimum atomic E-state index is 0.520. The van der Waals surface area contributed by atoms with Gasteiger partial charge in [0.1, 0.15) is 0 Å². The average molecular weight is 314 g/mol. The summed E-state index contributed by atoms with van der Waals surface area (Å²) < 4.78 is 5.23. The Labute approximate surface area is 128 Å². The molecule has 0 saturated heterocycles. The van der Waals surface area contributed by atoms with Crippen LogP contribution < -0.4 is 5.73 Å². The molecule has 0 radical (unpaired) electrons. The van der Waals surface area contributed by atoms with E-state index in [0.29, 0.717) is 21.8 Å². The summed E-state index contributed by atoms with van der Waals surface area (Å²) in [4.78, 5) is 4.36. The van der Waals surface area contributed by atoms with Crippen LogP contribution in [0.15, 0.2) is 22.7 Å². The van der Waals surface area contributed by atoms with Gasteiger partial charge in [-0.15, -0.1) is 0 Å². The molecule has 2 N–H and O–H groups in total. The summed E-state index contributed by atoms with van der Waals surface area (Å²) in [6.45, 7) is 0.750. The molecule has 1 aromatic heterocycles. The van der Waals surface area contributed by atoms with E-state index in [0.717, 1.165) is 44.2 Å². The number of hydrogen-bond donors (Lipinski definition) is 1. The first-order valence-electron chi connectivity index (χ1n) is 6.68. The Morgan fingerprint density at radius 1 is 1.00 bits per heavy atom. The van der Waals surface area contributed by atoms with Gasteiger partial charge < -0.3 is 10.3 Å². The highest BCUT2D eigenvalue weighted by Gasteiger charge is 2.09. The van der Waals surface area contributed by atoms with Crippen LogP contribution in [0.5, 0.6) is 0 Å². The van der Waals surface area contributed by atoms with Crippen LogP contribution >= 0.6 is 23.2 Å². The maximum Gasteiger partial charge on any atom is 0.226 e. The number of halogens is 2. The van der Waals surface area contributed by atoms with Crippen molar-refractivity contribution < 1.29 is 4.52 Å². The summed E-state index contributed by atoms with van der Waals surface area (Å²) in [5, 5.41) is 5.07. The molecule has 6 heteroatoms. The van der Waals surface area contributed by atoms with Gasteiger partial charge in [0.2, 0.25) is 11.7 Å². The van der Waals surface area contributed by atoms with E-state index in [4.69, 9.17) is 33.5 Å². The predicted octanol–water partition coefficient (Wildman–Crippen LogP) is 4.11. The topological polar surface area (TPSA) is 64.9 Å². The lowest BCUT2D eigenvalue weighted by Crippen LogP contribution is -1.97. The Morgan fingerprint density at radius 2 is 1.70 bits per heavy atom. The third kappa shape index (κ3) is 4.47. The largest absolute Gasteiger partial charge is 0.339 e. The summed E-state index contributed by atoms with van der Waals surface area (Å²) in [6, 6.07) is 5.21. The van der Waals surface area contributed by atoms with E-state index in [1.54, 1.807) is 18.2 Å². The van der Waals surface area contributed by atoms with Gasteiger partial charge in [-0.2, -0.15) is 4.98 Å². The summed E-state index contributed by atoms with van der Waals surface area (Å²) >= 11 is 11.9. The van der Waals surface area contributed by atoms with Crippen molar-refractivity contribution in [3.63, 3.8) is 0 Å². The molecule has 2 aromatic rings. The van der Waals surface area contributed by atoms with Crippen molar-refractivity contribution in [1.82, 2.24) is 10.1 Å². The van der Waals surface area contributed by atoms with Gasteiger partial charge in [-0.3, -0.25) is 0 Å². The van der Waals surface area contributed by atoms with Crippen molar-refractivity contribution in [2.24, 2.45) is 5.73 Å². The van der Waals surface area contributed by atoms with E-state index >= 15 is 0 Å². The van der Waals surface area contributed by atoms with Gasteiger partial charge in [0.15, 0.2) is 0 Å². The summed E-state index contributed by atoms with van der Waals surface area (Å²) in [6.07, 6.45) is 5.14. The lowest BCUT2D eigenvalue weighted by Gasteiger charge is -1.97. The SMILES string of the molecule is NCCCCCCc1nc(-c2cc(Cl)cc(Cl)c2)no1. The Hall–Kier alpha value is -1.10. The third-order valence-electron chi connectivity index (χ3n) is 2.93. The molecule has 0 amide bonds. The molecular formula is C14H17Cl2N3O. The van der Waals surface area contributed by atoms with Crippen LogP contribution in [0.1, 0.15) is 31.6 Å². The molecule has 0 aliphatic rings. The molecule has 0 atom stereocenters. The van der Waals surface area contributed by atoms with Crippen LogP contribution in [-0.4, -0.2) is 16.7 Å². The second-order valence-electron chi connectivity index (χ2n) is 4.62. The minimum absolute atomic E-state index is 0.520. The number of unbranched alkanes of at least 4 members (excludes halogenated alkanes) is 3. The number of benzene rings is 1. The van der Waals surface area contributed by atoms with Crippen LogP contribution in [0, 0.1) is 0 Å². The van der Waals surface area contributed by atoms with E-state index in [-0.39, 0.29) is 0 Å². The summed E-state index contributed by atoms with van der Waals surface area (Å²) in [5.74, 6) is 1.16. The maximum absolute atomic E-state index is 5.96. The predicted molar refractivity (Wildman–Crippen MR) is 81.0 cm³/mol. The van der Waals surface area contributed by atoms with Gasteiger partial charge in [-0.05, 0) is 37.6 Å². The van der Waals surface area contributed by atoms with Gasteiger partial charge >= 0.3 is 0 Å². The molecule has 2 rings (SSSR count). The van der Waals surface area contributed by atoms with Gasteiger partial charge in [-0.25, -0.2) is 0 Å². The Bertz CT molecular complexity index is 537. The second kappa shape index (κ2) is 7.62. The highest BCUT2D eigenvalue weighted by atomic mass is 35.5. The van der Waals surface area contributed by atoms with Gasteiger partial charge in [0.05, 0.1) is 0 Å². The maximum atomic E-state index is 5.96. The normalized spacial score (nSPS) is 10.9. The highest BCUT2D eigenvalue weighted by Crippen LogP contribution is 2.25. The molecule has 1 aromatic carbocycles. The number of aromatic nitrogens is 2. The number of nitrogens with two attached hydrogens (primary N) is 1. The molecule has 0 saturated carbocycles. The van der Waals surface area contributed by atoms with Gasteiger partial charge in [0.25, 0.3) is 0 Å². The average Bonchev–Trinajstić information content (AvgIpc) is 2.86.